The first-order valence-electron chi connectivity index (χ1n) is 5.25. The third kappa shape index (κ3) is 2.77. The first kappa shape index (κ1) is 14.4. The molecule has 1 unspecified atom stereocenters. The number of hydrogen-bond acceptors (Lipinski definition) is 2. The number of methoxy groups -OCH3 is 1. The van der Waals surface area contributed by atoms with Crippen molar-refractivity contribution in [1.29, 1.82) is 0 Å². The summed E-state index contributed by atoms with van der Waals surface area (Å²) < 4.78 is 6.17. The van der Waals surface area contributed by atoms with Crippen molar-refractivity contribution < 1.29 is 4.74 Å². The van der Waals surface area contributed by atoms with E-state index in [2.05, 4.69) is 37.2 Å². The van der Waals surface area contributed by atoms with E-state index in [0.717, 1.165) is 31.2 Å². The van der Waals surface area contributed by atoms with Crippen LogP contribution in [0.2, 0.25) is 5.02 Å². The molecule has 1 aromatic carbocycles. The normalized spacial score (nSPS) is 12.5. The van der Waals surface area contributed by atoms with Crippen molar-refractivity contribution in [2.75, 3.05) is 7.11 Å². The van der Waals surface area contributed by atoms with Crippen LogP contribution >= 0.6 is 54.8 Å². The number of alkyl halides is 1. The standard InChI is InChI=1S/C13H11Br2ClOS/c1-7-6-18-13(12(7)16)11(15)8-3-4-10(17-2)9(14)5-8/h3-6,11H,1-2H3. The molecule has 96 valence electrons. The lowest BCUT2D eigenvalue weighted by molar-refractivity contribution is 0.412. The molecule has 2 aromatic rings. The molecule has 1 atom stereocenters. The van der Waals surface area contributed by atoms with Crippen LogP contribution in [0.15, 0.2) is 28.1 Å². The van der Waals surface area contributed by atoms with Crippen molar-refractivity contribution in [3.05, 3.63) is 49.1 Å². The third-order valence-electron chi connectivity index (χ3n) is 2.62. The summed E-state index contributed by atoms with van der Waals surface area (Å²) in [5, 5.41) is 2.92. The van der Waals surface area contributed by atoms with Crippen LogP contribution < -0.4 is 4.74 Å². The minimum absolute atomic E-state index is 0.103. The Labute approximate surface area is 132 Å². The molecule has 0 aliphatic rings. The van der Waals surface area contributed by atoms with E-state index in [0.29, 0.717) is 0 Å². The molecule has 0 aliphatic carbocycles. The van der Waals surface area contributed by atoms with Crippen LogP contribution in [-0.4, -0.2) is 7.11 Å². The predicted molar refractivity (Wildman–Crippen MR) is 85.5 cm³/mol. The lowest BCUT2D eigenvalue weighted by Gasteiger charge is -2.11. The molecular weight excluding hydrogens is 399 g/mol. The molecule has 0 radical (unpaired) electrons. The van der Waals surface area contributed by atoms with Crippen molar-refractivity contribution in [1.82, 2.24) is 0 Å². The van der Waals surface area contributed by atoms with Gasteiger partial charge in [-0.1, -0.05) is 33.6 Å². The van der Waals surface area contributed by atoms with E-state index in [4.69, 9.17) is 16.3 Å². The zero-order valence-corrected chi connectivity index (χ0v) is 14.6. The SMILES string of the molecule is COc1ccc(C(Br)c2scc(C)c2Cl)cc1Br. The molecule has 0 saturated carbocycles. The molecule has 2 rings (SSSR count). The zero-order chi connectivity index (χ0) is 13.3. The fraction of sp³-hybridized carbons (Fsp3) is 0.231. The smallest absolute Gasteiger partial charge is 0.133 e. The van der Waals surface area contributed by atoms with Gasteiger partial charge in [-0.3, -0.25) is 0 Å². The zero-order valence-electron chi connectivity index (χ0n) is 9.84. The molecule has 1 heterocycles. The molecule has 1 aromatic heterocycles. The van der Waals surface area contributed by atoms with Gasteiger partial charge in [0.05, 0.1) is 21.4 Å². The lowest BCUT2D eigenvalue weighted by Crippen LogP contribution is -1.92. The fourth-order valence-corrected chi connectivity index (χ4v) is 4.44. The molecule has 0 N–H and O–H groups in total. The van der Waals surface area contributed by atoms with Crippen LogP contribution in [0.1, 0.15) is 20.8 Å². The average molecular weight is 411 g/mol. The Morgan fingerprint density at radius 1 is 1.39 bits per heavy atom. The topological polar surface area (TPSA) is 9.23 Å². The maximum absolute atomic E-state index is 6.30. The fourth-order valence-electron chi connectivity index (χ4n) is 1.61. The number of thiophene rings is 1. The van der Waals surface area contributed by atoms with Crippen molar-refractivity contribution in [2.24, 2.45) is 0 Å². The lowest BCUT2D eigenvalue weighted by atomic mass is 10.1. The van der Waals surface area contributed by atoms with Crippen LogP contribution in [0.3, 0.4) is 0 Å². The van der Waals surface area contributed by atoms with E-state index in [-0.39, 0.29) is 4.83 Å². The van der Waals surface area contributed by atoms with Crippen LogP contribution in [0.4, 0.5) is 0 Å². The van der Waals surface area contributed by atoms with Crippen molar-refractivity contribution in [3.63, 3.8) is 0 Å². The number of ether oxygens (including phenoxy) is 1. The summed E-state index contributed by atoms with van der Waals surface area (Å²) in [6.45, 7) is 2.02. The number of aryl methyl sites for hydroxylation is 1. The summed E-state index contributed by atoms with van der Waals surface area (Å²) in [6.07, 6.45) is 0. The van der Waals surface area contributed by atoms with Gasteiger partial charge >= 0.3 is 0 Å². The number of benzene rings is 1. The van der Waals surface area contributed by atoms with Gasteiger partial charge in [-0.15, -0.1) is 11.3 Å². The van der Waals surface area contributed by atoms with E-state index in [1.54, 1.807) is 18.4 Å². The quantitative estimate of drug-likeness (QED) is 0.567. The van der Waals surface area contributed by atoms with Crippen LogP contribution in [0.25, 0.3) is 0 Å². The van der Waals surface area contributed by atoms with E-state index in [1.165, 1.54) is 0 Å². The Bertz CT molecular complexity index is 568. The number of hydrogen-bond donors (Lipinski definition) is 0. The molecule has 18 heavy (non-hydrogen) atoms. The summed E-state index contributed by atoms with van der Waals surface area (Å²) in [5.41, 5.74) is 2.26. The van der Waals surface area contributed by atoms with Gasteiger partial charge in [-0.2, -0.15) is 0 Å². The highest BCUT2D eigenvalue weighted by atomic mass is 79.9. The van der Waals surface area contributed by atoms with E-state index < -0.39 is 0 Å². The van der Waals surface area contributed by atoms with Gasteiger partial charge in [-0.25, -0.2) is 0 Å². The first-order chi connectivity index (χ1) is 8.54. The maximum atomic E-state index is 6.30. The van der Waals surface area contributed by atoms with Gasteiger partial charge < -0.3 is 4.74 Å². The number of rotatable bonds is 3. The second-order valence-electron chi connectivity index (χ2n) is 3.85. The summed E-state index contributed by atoms with van der Waals surface area (Å²) in [5.74, 6) is 0.826. The summed E-state index contributed by atoms with van der Waals surface area (Å²) >= 11 is 15.2. The Balaban J connectivity index is 2.37. The van der Waals surface area contributed by atoms with Gasteiger partial charge in [0.15, 0.2) is 0 Å². The van der Waals surface area contributed by atoms with Gasteiger partial charge in [0.1, 0.15) is 5.75 Å². The summed E-state index contributed by atoms with van der Waals surface area (Å²) in [4.78, 5) is 1.23. The largest absolute Gasteiger partial charge is 0.496 e. The highest BCUT2D eigenvalue weighted by molar-refractivity contribution is 9.10. The molecule has 0 spiro atoms. The van der Waals surface area contributed by atoms with Crippen molar-refractivity contribution >= 4 is 54.8 Å². The Morgan fingerprint density at radius 2 is 2.11 bits per heavy atom. The Morgan fingerprint density at radius 3 is 2.61 bits per heavy atom. The van der Waals surface area contributed by atoms with Crippen LogP contribution in [-0.2, 0) is 0 Å². The minimum Gasteiger partial charge on any atom is -0.496 e. The second-order valence-corrected chi connectivity index (χ2v) is 6.91. The van der Waals surface area contributed by atoms with Crippen molar-refractivity contribution in [2.45, 2.75) is 11.8 Å². The molecule has 0 amide bonds. The summed E-state index contributed by atoms with van der Waals surface area (Å²) in [6, 6.07) is 6.03. The van der Waals surface area contributed by atoms with Gasteiger partial charge in [0.2, 0.25) is 0 Å². The number of halogens is 3. The summed E-state index contributed by atoms with van der Waals surface area (Å²) in [7, 11) is 1.66. The molecule has 0 fully saturated rings. The van der Waals surface area contributed by atoms with Gasteiger partial charge in [0, 0.05) is 4.88 Å². The molecule has 1 nitrogen and oxygen atoms in total. The molecule has 5 heteroatoms. The second kappa shape index (κ2) is 5.95. The highest BCUT2D eigenvalue weighted by Gasteiger charge is 2.18. The average Bonchev–Trinajstić information content (AvgIpc) is 2.69. The van der Waals surface area contributed by atoms with Crippen LogP contribution in [0.5, 0.6) is 5.75 Å². The third-order valence-corrected chi connectivity index (χ3v) is 6.31. The highest BCUT2D eigenvalue weighted by Crippen LogP contribution is 2.42. The van der Waals surface area contributed by atoms with Gasteiger partial charge in [-0.05, 0) is 51.5 Å². The predicted octanol–water partition coefficient (Wildman–Crippen LogP) is 5.97. The first-order valence-corrected chi connectivity index (χ1v) is 8.22. The minimum atomic E-state index is 0.103. The Kier molecular flexibility index (Phi) is 4.75. The van der Waals surface area contributed by atoms with Crippen molar-refractivity contribution in [3.8, 4) is 5.75 Å². The van der Waals surface area contributed by atoms with E-state index >= 15 is 0 Å². The molecular formula is C13H11Br2ClOS. The van der Waals surface area contributed by atoms with Crippen LogP contribution in [0, 0.1) is 6.92 Å². The Hall–Kier alpha value is -0.0300. The van der Waals surface area contributed by atoms with E-state index in [9.17, 15) is 0 Å². The molecule has 0 saturated heterocycles. The molecule has 0 bridgehead atoms. The van der Waals surface area contributed by atoms with Gasteiger partial charge in [0.25, 0.3) is 0 Å². The monoisotopic (exact) mass is 408 g/mol. The molecule has 0 aliphatic heterocycles. The van der Waals surface area contributed by atoms with E-state index in [1.807, 2.05) is 25.1 Å². The maximum Gasteiger partial charge on any atom is 0.133 e.